The van der Waals surface area contributed by atoms with Crippen LogP contribution in [0.5, 0.6) is 5.75 Å². The van der Waals surface area contributed by atoms with Gasteiger partial charge in [0, 0.05) is 24.6 Å². The topological polar surface area (TPSA) is 122 Å². The first-order valence-electron chi connectivity index (χ1n) is 13.7. The number of alkyl halides is 3. The Morgan fingerprint density at radius 2 is 1.55 bits per heavy atom. The molecule has 3 aromatic rings. The van der Waals surface area contributed by atoms with Crippen molar-refractivity contribution in [2.45, 2.75) is 31.1 Å². The Balaban J connectivity index is 0.000000566. The van der Waals surface area contributed by atoms with E-state index in [-0.39, 0.29) is 24.8 Å². The minimum atomic E-state index is -5.08. The Labute approximate surface area is 251 Å². The quantitative estimate of drug-likeness (QED) is 0.297. The highest BCUT2D eigenvalue weighted by molar-refractivity contribution is 6.09. The van der Waals surface area contributed by atoms with Gasteiger partial charge in [-0.2, -0.15) is 13.2 Å². The minimum Gasteiger partial charge on any atom is -0.496 e. The van der Waals surface area contributed by atoms with E-state index in [0.29, 0.717) is 5.75 Å². The van der Waals surface area contributed by atoms with Gasteiger partial charge in [-0.05, 0) is 29.7 Å². The van der Waals surface area contributed by atoms with Crippen LogP contribution in [0, 0.1) is 11.8 Å². The van der Waals surface area contributed by atoms with Gasteiger partial charge in [0.05, 0.1) is 26.1 Å². The molecule has 0 unspecified atom stereocenters. The van der Waals surface area contributed by atoms with Crippen LogP contribution >= 0.6 is 0 Å². The summed E-state index contributed by atoms with van der Waals surface area (Å²) < 4.78 is 42.7. The van der Waals surface area contributed by atoms with E-state index in [1.807, 2.05) is 78.9 Å². The predicted molar refractivity (Wildman–Crippen MR) is 152 cm³/mol. The molecular weight excluding hydrogens is 581 g/mol. The van der Waals surface area contributed by atoms with Crippen LogP contribution in [-0.4, -0.2) is 66.2 Å². The number of halogens is 3. The summed E-state index contributed by atoms with van der Waals surface area (Å²) >= 11 is 0. The Bertz CT molecular complexity index is 1530. The molecule has 2 heterocycles. The third kappa shape index (κ3) is 6.02. The highest BCUT2D eigenvalue weighted by Gasteiger charge is 2.68. The number of esters is 1. The summed E-state index contributed by atoms with van der Waals surface area (Å²) in [5.41, 5.74) is 2.15. The first kappa shape index (κ1) is 32.2. The average Bonchev–Trinajstić information content (AvgIpc) is 3.49. The summed E-state index contributed by atoms with van der Waals surface area (Å²) in [7, 11) is 2.92. The number of nitrogens with one attached hydrogen (secondary N) is 1. The van der Waals surface area contributed by atoms with E-state index >= 15 is 0 Å². The summed E-state index contributed by atoms with van der Waals surface area (Å²) in [6.45, 7) is 2.02. The lowest BCUT2D eigenvalue weighted by atomic mass is 9.76. The van der Waals surface area contributed by atoms with Gasteiger partial charge in [0.1, 0.15) is 11.3 Å². The molecule has 232 valence electrons. The third-order valence-corrected chi connectivity index (χ3v) is 7.85. The van der Waals surface area contributed by atoms with Crippen molar-refractivity contribution in [3.05, 3.63) is 90.0 Å². The number of ether oxygens (including phenoxy) is 2. The second kappa shape index (κ2) is 12.9. The van der Waals surface area contributed by atoms with Gasteiger partial charge in [-0.25, -0.2) is 4.79 Å². The summed E-state index contributed by atoms with van der Waals surface area (Å²) in [6, 6.07) is 24.5. The minimum absolute atomic E-state index is 0.216. The molecular formula is C32H31F3N2O7. The Hall–Kier alpha value is -4.71. The van der Waals surface area contributed by atoms with Gasteiger partial charge in [-0.1, -0.05) is 72.8 Å². The maximum absolute atomic E-state index is 13.6. The van der Waals surface area contributed by atoms with Crippen molar-refractivity contribution in [1.82, 2.24) is 10.2 Å². The molecule has 3 aromatic carbocycles. The van der Waals surface area contributed by atoms with Crippen LogP contribution in [0.1, 0.15) is 24.1 Å². The fourth-order valence-electron chi connectivity index (χ4n) is 5.94. The standard InChI is InChI=1S/C30H30N2O5.C2HF3O2/c1-4-32-27(33)24-25(28(32)34)30(29(35)37-3,18-19-11-7-5-8-12-19)31-26(24)21-15-16-22(23(17-21)36-2)20-13-9-6-10-14-20;3-2(4,5)1(6)7/h5-17,24-26,31H,4,18H2,1-3H3;(H,6,7)/t24-,25-,26-,30-;/m1./s1. The van der Waals surface area contributed by atoms with E-state index in [1.54, 1.807) is 14.0 Å². The lowest BCUT2D eigenvalue weighted by Gasteiger charge is -2.32. The maximum atomic E-state index is 13.6. The van der Waals surface area contributed by atoms with E-state index in [2.05, 4.69) is 5.32 Å². The van der Waals surface area contributed by atoms with Crippen molar-refractivity contribution >= 4 is 23.8 Å². The number of methoxy groups -OCH3 is 2. The number of fused-ring (bicyclic) bond motifs is 1. The zero-order valence-electron chi connectivity index (χ0n) is 24.1. The van der Waals surface area contributed by atoms with Crippen LogP contribution in [0.15, 0.2) is 78.9 Å². The number of nitrogens with zero attached hydrogens (tertiary/aromatic N) is 1. The maximum Gasteiger partial charge on any atom is 0.490 e. The van der Waals surface area contributed by atoms with Crippen molar-refractivity contribution in [3.63, 3.8) is 0 Å². The molecule has 44 heavy (non-hydrogen) atoms. The zero-order chi connectivity index (χ0) is 32.2. The highest BCUT2D eigenvalue weighted by Crippen LogP contribution is 2.51. The molecule has 0 saturated carbocycles. The number of hydrogen-bond acceptors (Lipinski definition) is 7. The number of likely N-dealkylation sites (tertiary alicyclic amines) is 1. The molecule has 2 saturated heterocycles. The van der Waals surface area contributed by atoms with Gasteiger partial charge in [0.25, 0.3) is 0 Å². The normalized spacial score (nSPS) is 22.6. The fraction of sp³-hybridized carbons (Fsp3) is 0.312. The molecule has 12 heteroatoms. The molecule has 0 spiro atoms. The molecule has 2 fully saturated rings. The number of amides is 2. The van der Waals surface area contributed by atoms with Crippen LogP contribution in [0.3, 0.4) is 0 Å². The number of aliphatic carboxylic acids is 1. The number of imide groups is 1. The smallest absolute Gasteiger partial charge is 0.490 e. The number of carboxylic acids is 1. The van der Waals surface area contributed by atoms with Gasteiger partial charge in [-0.15, -0.1) is 0 Å². The van der Waals surface area contributed by atoms with Crippen LogP contribution in [-0.2, 0) is 30.3 Å². The predicted octanol–water partition coefficient (Wildman–Crippen LogP) is 4.42. The number of carbonyl (C=O) groups excluding carboxylic acids is 3. The van der Waals surface area contributed by atoms with Crippen molar-refractivity contribution in [2.24, 2.45) is 11.8 Å². The molecule has 2 aliphatic rings. The summed E-state index contributed by atoms with van der Waals surface area (Å²) in [5, 5.41) is 10.6. The molecule has 0 radical (unpaired) electrons. The van der Waals surface area contributed by atoms with Gasteiger partial charge in [0.2, 0.25) is 11.8 Å². The molecule has 0 aromatic heterocycles. The molecule has 0 bridgehead atoms. The van der Waals surface area contributed by atoms with Crippen molar-refractivity contribution in [3.8, 4) is 16.9 Å². The largest absolute Gasteiger partial charge is 0.496 e. The second-order valence-corrected chi connectivity index (χ2v) is 10.3. The monoisotopic (exact) mass is 612 g/mol. The number of hydrogen-bond donors (Lipinski definition) is 2. The van der Waals surface area contributed by atoms with Gasteiger partial charge >= 0.3 is 18.1 Å². The molecule has 5 rings (SSSR count). The van der Waals surface area contributed by atoms with Gasteiger partial charge in [-0.3, -0.25) is 24.6 Å². The molecule has 2 amide bonds. The number of carboxylic acid groups (broad SMARTS) is 1. The van der Waals surface area contributed by atoms with E-state index in [9.17, 15) is 27.6 Å². The fourth-order valence-corrected chi connectivity index (χ4v) is 5.94. The van der Waals surface area contributed by atoms with Crippen molar-refractivity contribution in [1.29, 1.82) is 0 Å². The van der Waals surface area contributed by atoms with Crippen LogP contribution < -0.4 is 10.1 Å². The summed E-state index contributed by atoms with van der Waals surface area (Å²) in [6.07, 6.45) is -4.87. The van der Waals surface area contributed by atoms with Crippen LogP contribution in [0.2, 0.25) is 0 Å². The lowest BCUT2D eigenvalue weighted by Crippen LogP contribution is -2.57. The number of benzene rings is 3. The van der Waals surface area contributed by atoms with E-state index in [4.69, 9.17) is 19.4 Å². The highest BCUT2D eigenvalue weighted by atomic mass is 19.4. The lowest BCUT2D eigenvalue weighted by molar-refractivity contribution is -0.192. The first-order valence-corrected chi connectivity index (χ1v) is 13.7. The van der Waals surface area contributed by atoms with Crippen LogP contribution in [0.4, 0.5) is 13.2 Å². The molecule has 2 aliphatic heterocycles. The molecule has 0 aliphatic carbocycles. The first-order chi connectivity index (χ1) is 20.9. The molecule has 2 N–H and O–H groups in total. The van der Waals surface area contributed by atoms with Gasteiger partial charge < -0.3 is 14.6 Å². The number of carbonyl (C=O) groups is 4. The van der Waals surface area contributed by atoms with Crippen molar-refractivity contribution < 1.29 is 46.9 Å². The molecule has 9 nitrogen and oxygen atoms in total. The third-order valence-electron chi connectivity index (χ3n) is 7.85. The van der Waals surface area contributed by atoms with E-state index < -0.39 is 41.5 Å². The van der Waals surface area contributed by atoms with Crippen LogP contribution in [0.25, 0.3) is 11.1 Å². The molecule has 4 atom stereocenters. The second-order valence-electron chi connectivity index (χ2n) is 10.3. The SMILES string of the molecule is CCN1C(=O)[C@H]2[C@@H](c3ccc(-c4ccccc4)c(OC)c3)N[C@@](Cc3ccccc3)(C(=O)OC)[C@H]2C1=O.O=C(O)C(F)(F)F. The Morgan fingerprint density at radius 1 is 0.955 bits per heavy atom. The summed E-state index contributed by atoms with van der Waals surface area (Å²) in [4.78, 5) is 50.9. The zero-order valence-corrected chi connectivity index (χ0v) is 24.1. The van der Waals surface area contributed by atoms with E-state index in [0.717, 1.165) is 22.3 Å². The Morgan fingerprint density at radius 3 is 2.07 bits per heavy atom. The average molecular weight is 613 g/mol. The summed E-state index contributed by atoms with van der Waals surface area (Å²) in [5.74, 6) is -4.93. The van der Waals surface area contributed by atoms with E-state index in [1.165, 1.54) is 12.0 Å². The van der Waals surface area contributed by atoms with Gasteiger partial charge in [0.15, 0.2) is 0 Å². The Kier molecular flexibility index (Phi) is 9.43. The van der Waals surface area contributed by atoms with Crippen molar-refractivity contribution in [2.75, 3.05) is 20.8 Å². The number of rotatable bonds is 7.